The number of hydrogen-bond donors (Lipinski definition) is 2. The summed E-state index contributed by atoms with van der Waals surface area (Å²) in [5, 5.41) is 3.06. The number of hydrogen-bond acceptors (Lipinski definition) is 2. The Bertz CT molecular complexity index is 231. The van der Waals surface area contributed by atoms with Crippen molar-refractivity contribution in [2.24, 2.45) is 23.5 Å². The molecule has 0 radical (unpaired) electrons. The Morgan fingerprint density at radius 2 is 1.71 bits per heavy atom. The van der Waals surface area contributed by atoms with Gasteiger partial charge >= 0.3 is 0 Å². The SMILES string of the molecule is CC(C)C(C)CC(=O)NC(C)(CN)C(C)C.Cl. The Hall–Kier alpha value is -0.280. The molecular formula is C13H29ClN2O. The highest BCUT2D eigenvalue weighted by Crippen LogP contribution is 2.18. The second-order valence-electron chi connectivity index (χ2n) is 5.75. The van der Waals surface area contributed by atoms with Gasteiger partial charge in [-0.05, 0) is 24.7 Å². The van der Waals surface area contributed by atoms with Crippen LogP contribution in [0.15, 0.2) is 0 Å². The summed E-state index contributed by atoms with van der Waals surface area (Å²) in [5.74, 6) is 1.40. The quantitative estimate of drug-likeness (QED) is 0.775. The molecule has 0 bridgehead atoms. The van der Waals surface area contributed by atoms with E-state index in [-0.39, 0.29) is 23.9 Å². The molecule has 0 heterocycles. The highest BCUT2D eigenvalue weighted by atomic mass is 35.5. The summed E-state index contributed by atoms with van der Waals surface area (Å²) in [5.41, 5.74) is 5.45. The molecule has 1 amide bonds. The lowest BCUT2D eigenvalue weighted by molar-refractivity contribution is -0.124. The van der Waals surface area contributed by atoms with Gasteiger partial charge < -0.3 is 11.1 Å². The molecule has 4 heteroatoms. The molecule has 0 aliphatic heterocycles. The van der Waals surface area contributed by atoms with Gasteiger partial charge in [0.25, 0.3) is 0 Å². The van der Waals surface area contributed by atoms with E-state index in [9.17, 15) is 4.79 Å². The fourth-order valence-electron chi connectivity index (χ4n) is 1.33. The van der Waals surface area contributed by atoms with Crippen LogP contribution in [0.5, 0.6) is 0 Å². The maximum atomic E-state index is 11.9. The first-order chi connectivity index (χ1) is 7.23. The third kappa shape index (κ3) is 6.27. The van der Waals surface area contributed by atoms with Crippen molar-refractivity contribution in [2.45, 2.75) is 53.5 Å². The van der Waals surface area contributed by atoms with Crippen LogP contribution in [-0.4, -0.2) is 18.0 Å². The molecule has 0 aromatic rings. The molecule has 0 saturated carbocycles. The molecule has 0 spiro atoms. The van der Waals surface area contributed by atoms with Crippen molar-refractivity contribution in [3.8, 4) is 0 Å². The largest absolute Gasteiger partial charge is 0.349 e. The minimum absolute atomic E-state index is 0. The Morgan fingerprint density at radius 3 is 2.00 bits per heavy atom. The van der Waals surface area contributed by atoms with Crippen molar-refractivity contribution in [3.05, 3.63) is 0 Å². The van der Waals surface area contributed by atoms with Crippen LogP contribution in [0, 0.1) is 17.8 Å². The maximum absolute atomic E-state index is 11.9. The van der Waals surface area contributed by atoms with E-state index >= 15 is 0 Å². The average Bonchev–Trinajstić information content (AvgIpc) is 2.16. The van der Waals surface area contributed by atoms with Crippen LogP contribution in [0.2, 0.25) is 0 Å². The molecule has 104 valence electrons. The summed E-state index contributed by atoms with van der Waals surface area (Å²) in [4.78, 5) is 11.9. The van der Waals surface area contributed by atoms with Gasteiger partial charge in [0.1, 0.15) is 0 Å². The van der Waals surface area contributed by atoms with Crippen molar-refractivity contribution < 1.29 is 4.79 Å². The van der Waals surface area contributed by atoms with Gasteiger partial charge in [0.05, 0.1) is 5.54 Å². The molecule has 0 rings (SSSR count). The third-order valence-corrected chi connectivity index (χ3v) is 3.77. The molecule has 0 fully saturated rings. The first-order valence-corrected chi connectivity index (χ1v) is 6.24. The monoisotopic (exact) mass is 264 g/mol. The zero-order valence-electron chi connectivity index (χ0n) is 12.0. The van der Waals surface area contributed by atoms with E-state index in [2.05, 4.69) is 39.9 Å². The van der Waals surface area contributed by atoms with E-state index in [1.165, 1.54) is 0 Å². The van der Waals surface area contributed by atoms with Gasteiger partial charge in [0.2, 0.25) is 5.91 Å². The number of nitrogens with one attached hydrogen (secondary N) is 1. The molecule has 2 unspecified atom stereocenters. The molecule has 3 nitrogen and oxygen atoms in total. The number of rotatable bonds is 6. The van der Waals surface area contributed by atoms with Crippen LogP contribution in [0.4, 0.5) is 0 Å². The standard InChI is InChI=1S/C13H28N2O.ClH/c1-9(2)11(5)7-12(16)15-13(6,8-14)10(3)4;/h9-11H,7-8,14H2,1-6H3,(H,15,16);1H. The fraction of sp³-hybridized carbons (Fsp3) is 0.923. The van der Waals surface area contributed by atoms with Gasteiger partial charge in [-0.3, -0.25) is 4.79 Å². The fourth-order valence-corrected chi connectivity index (χ4v) is 1.33. The molecule has 0 aliphatic rings. The number of carbonyl (C=O) groups excluding carboxylic acids is 1. The zero-order chi connectivity index (χ0) is 12.9. The molecule has 3 N–H and O–H groups in total. The van der Waals surface area contributed by atoms with Gasteiger partial charge in [-0.25, -0.2) is 0 Å². The highest BCUT2D eigenvalue weighted by Gasteiger charge is 2.28. The Morgan fingerprint density at radius 1 is 1.24 bits per heavy atom. The topological polar surface area (TPSA) is 55.1 Å². The predicted octanol–water partition coefficient (Wildman–Crippen LogP) is 2.58. The summed E-state index contributed by atoms with van der Waals surface area (Å²) >= 11 is 0. The number of amides is 1. The van der Waals surface area contributed by atoms with E-state index in [0.29, 0.717) is 30.7 Å². The summed E-state index contributed by atoms with van der Waals surface area (Å²) in [6.45, 7) is 13.0. The zero-order valence-corrected chi connectivity index (χ0v) is 12.9. The number of halogens is 1. The van der Waals surface area contributed by atoms with Crippen LogP contribution in [0.25, 0.3) is 0 Å². The van der Waals surface area contributed by atoms with Crippen molar-refractivity contribution in [1.82, 2.24) is 5.32 Å². The average molecular weight is 265 g/mol. The summed E-state index contributed by atoms with van der Waals surface area (Å²) in [6, 6.07) is 0. The van der Waals surface area contributed by atoms with E-state index in [0.717, 1.165) is 0 Å². The van der Waals surface area contributed by atoms with Crippen LogP contribution in [-0.2, 0) is 4.79 Å². The number of nitrogens with two attached hydrogens (primary N) is 1. The highest BCUT2D eigenvalue weighted by molar-refractivity contribution is 5.85. The molecule has 2 atom stereocenters. The minimum Gasteiger partial charge on any atom is -0.349 e. The maximum Gasteiger partial charge on any atom is 0.220 e. The van der Waals surface area contributed by atoms with Crippen LogP contribution < -0.4 is 11.1 Å². The van der Waals surface area contributed by atoms with E-state index in [4.69, 9.17) is 5.73 Å². The van der Waals surface area contributed by atoms with Gasteiger partial charge in [0.15, 0.2) is 0 Å². The van der Waals surface area contributed by atoms with E-state index in [1.54, 1.807) is 0 Å². The lowest BCUT2D eigenvalue weighted by atomic mass is 9.87. The Kier molecular flexibility index (Phi) is 8.90. The Labute approximate surface area is 112 Å². The molecule has 0 aromatic carbocycles. The van der Waals surface area contributed by atoms with Gasteiger partial charge in [0, 0.05) is 13.0 Å². The summed E-state index contributed by atoms with van der Waals surface area (Å²) in [6.07, 6.45) is 0.583. The normalized spacial score (nSPS) is 16.3. The Balaban J connectivity index is 0. The number of carbonyl (C=O) groups is 1. The smallest absolute Gasteiger partial charge is 0.220 e. The predicted molar refractivity (Wildman–Crippen MR) is 76.3 cm³/mol. The first-order valence-electron chi connectivity index (χ1n) is 6.24. The van der Waals surface area contributed by atoms with Gasteiger partial charge in [-0.15, -0.1) is 12.4 Å². The van der Waals surface area contributed by atoms with Crippen LogP contribution in [0.3, 0.4) is 0 Å². The van der Waals surface area contributed by atoms with Crippen LogP contribution >= 0.6 is 12.4 Å². The second-order valence-corrected chi connectivity index (χ2v) is 5.75. The second kappa shape index (κ2) is 7.93. The van der Waals surface area contributed by atoms with Gasteiger partial charge in [-0.1, -0.05) is 34.6 Å². The van der Waals surface area contributed by atoms with Crippen molar-refractivity contribution in [3.63, 3.8) is 0 Å². The molecule has 0 aliphatic carbocycles. The minimum atomic E-state index is -0.284. The summed E-state index contributed by atoms with van der Waals surface area (Å²) < 4.78 is 0. The van der Waals surface area contributed by atoms with E-state index < -0.39 is 0 Å². The molecular weight excluding hydrogens is 236 g/mol. The van der Waals surface area contributed by atoms with Crippen molar-refractivity contribution in [2.75, 3.05) is 6.54 Å². The lowest BCUT2D eigenvalue weighted by Gasteiger charge is -2.34. The summed E-state index contributed by atoms with van der Waals surface area (Å²) in [7, 11) is 0. The lowest BCUT2D eigenvalue weighted by Crippen LogP contribution is -2.55. The van der Waals surface area contributed by atoms with Crippen molar-refractivity contribution in [1.29, 1.82) is 0 Å². The third-order valence-electron chi connectivity index (χ3n) is 3.77. The molecule has 0 aromatic heterocycles. The van der Waals surface area contributed by atoms with E-state index in [1.807, 2.05) is 6.92 Å². The van der Waals surface area contributed by atoms with Crippen LogP contribution in [0.1, 0.15) is 48.0 Å². The molecule has 0 saturated heterocycles. The van der Waals surface area contributed by atoms with Crippen molar-refractivity contribution >= 4 is 18.3 Å². The molecule has 17 heavy (non-hydrogen) atoms. The first kappa shape index (κ1) is 19.1. The van der Waals surface area contributed by atoms with Gasteiger partial charge in [-0.2, -0.15) is 0 Å².